The Morgan fingerprint density at radius 3 is 2.07 bits per heavy atom. The molecule has 0 saturated heterocycles. The Bertz CT molecular complexity index is 286. The van der Waals surface area contributed by atoms with Gasteiger partial charge < -0.3 is 0 Å². The van der Waals surface area contributed by atoms with E-state index >= 15 is 0 Å². The number of rotatable bonds is 2. The summed E-state index contributed by atoms with van der Waals surface area (Å²) in [7, 11) is 0. The first-order valence-electron chi connectivity index (χ1n) is 5.99. The number of hydrogen-bond acceptors (Lipinski definition) is 1. The van der Waals surface area contributed by atoms with Crippen molar-refractivity contribution in [3.8, 4) is 0 Å². The van der Waals surface area contributed by atoms with E-state index in [1.807, 2.05) is 6.92 Å². The molecular formula is C14H24O. The highest BCUT2D eigenvalue weighted by molar-refractivity contribution is 5.92. The van der Waals surface area contributed by atoms with Gasteiger partial charge in [-0.3, -0.25) is 4.79 Å². The summed E-state index contributed by atoms with van der Waals surface area (Å²) in [6.07, 6.45) is 7.32. The maximum absolute atomic E-state index is 11.3. The van der Waals surface area contributed by atoms with Crippen molar-refractivity contribution in [2.75, 3.05) is 0 Å². The molecule has 1 atom stereocenters. The lowest BCUT2D eigenvalue weighted by molar-refractivity contribution is -0.113. The van der Waals surface area contributed by atoms with Gasteiger partial charge in [0.1, 0.15) is 0 Å². The molecule has 1 fully saturated rings. The lowest BCUT2D eigenvalue weighted by Crippen LogP contribution is -2.37. The number of hydrogen-bond donors (Lipinski definition) is 0. The minimum atomic E-state index is 0.195. The predicted molar refractivity (Wildman–Crippen MR) is 64.8 cm³/mol. The van der Waals surface area contributed by atoms with Crippen molar-refractivity contribution in [1.82, 2.24) is 0 Å². The zero-order valence-electron chi connectivity index (χ0n) is 10.8. The number of carbonyl (C=O) groups excluding carboxylic acids is 1. The van der Waals surface area contributed by atoms with Crippen LogP contribution in [0.2, 0.25) is 0 Å². The molecule has 0 amide bonds. The van der Waals surface area contributed by atoms with Gasteiger partial charge in [-0.1, -0.05) is 39.7 Å². The van der Waals surface area contributed by atoms with Crippen LogP contribution in [-0.2, 0) is 4.79 Å². The van der Waals surface area contributed by atoms with Gasteiger partial charge >= 0.3 is 0 Å². The molecule has 0 bridgehead atoms. The van der Waals surface area contributed by atoms with Crippen LogP contribution in [0, 0.1) is 10.8 Å². The highest BCUT2D eigenvalue weighted by Gasteiger charge is 2.41. The number of allylic oxidation sites excluding steroid dienone is 2. The van der Waals surface area contributed by atoms with Crippen LogP contribution in [-0.4, -0.2) is 5.78 Å². The summed E-state index contributed by atoms with van der Waals surface area (Å²) >= 11 is 0. The first kappa shape index (κ1) is 12.5. The topological polar surface area (TPSA) is 17.1 Å². The van der Waals surface area contributed by atoms with E-state index in [2.05, 4.69) is 26.8 Å². The summed E-state index contributed by atoms with van der Waals surface area (Å²) in [4.78, 5) is 11.3. The number of ketones is 1. The largest absolute Gasteiger partial charge is 0.295 e. The van der Waals surface area contributed by atoms with E-state index in [-0.39, 0.29) is 11.2 Å². The van der Waals surface area contributed by atoms with Gasteiger partial charge in [0.15, 0.2) is 5.78 Å². The Morgan fingerprint density at radius 1 is 1.07 bits per heavy atom. The Labute approximate surface area is 93.9 Å². The van der Waals surface area contributed by atoms with Gasteiger partial charge in [-0.15, -0.1) is 0 Å². The summed E-state index contributed by atoms with van der Waals surface area (Å²) < 4.78 is 0. The average Bonchev–Trinajstić information content (AvgIpc) is 2.10. The lowest BCUT2D eigenvalue weighted by Gasteiger charge is -2.46. The Morgan fingerprint density at radius 2 is 1.60 bits per heavy atom. The van der Waals surface area contributed by atoms with Crippen LogP contribution in [0.5, 0.6) is 0 Å². The van der Waals surface area contributed by atoms with Crippen LogP contribution in [0.4, 0.5) is 0 Å². The minimum Gasteiger partial charge on any atom is -0.295 e. The zero-order valence-corrected chi connectivity index (χ0v) is 10.8. The fraction of sp³-hybridized carbons (Fsp3) is 0.786. The lowest BCUT2D eigenvalue weighted by atomic mass is 9.58. The quantitative estimate of drug-likeness (QED) is 0.624. The van der Waals surface area contributed by atoms with Gasteiger partial charge in [0.25, 0.3) is 0 Å². The van der Waals surface area contributed by atoms with Gasteiger partial charge in [0, 0.05) is 0 Å². The van der Waals surface area contributed by atoms with Gasteiger partial charge in [-0.25, -0.2) is 0 Å². The van der Waals surface area contributed by atoms with Gasteiger partial charge in [0.05, 0.1) is 0 Å². The van der Waals surface area contributed by atoms with Crippen LogP contribution in [0.1, 0.15) is 60.3 Å². The normalized spacial score (nSPS) is 31.4. The highest BCUT2D eigenvalue weighted by Crippen LogP contribution is 2.51. The van der Waals surface area contributed by atoms with E-state index in [0.717, 1.165) is 5.57 Å². The van der Waals surface area contributed by atoms with Crippen LogP contribution in [0.15, 0.2) is 11.6 Å². The maximum atomic E-state index is 11.3. The monoisotopic (exact) mass is 208 g/mol. The molecule has 1 nitrogen and oxygen atoms in total. The fourth-order valence-corrected chi connectivity index (χ4v) is 2.53. The third kappa shape index (κ3) is 2.50. The molecule has 0 N–H and O–H groups in total. The van der Waals surface area contributed by atoms with Crippen molar-refractivity contribution < 1.29 is 4.79 Å². The zero-order chi connectivity index (χ0) is 11.7. The van der Waals surface area contributed by atoms with Gasteiger partial charge in [-0.2, -0.15) is 0 Å². The van der Waals surface area contributed by atoms with Gasteiger partial charge in [0.2, 0.25) is 0 Å². The molecule has 1 aliphatic rings. The first-order valence-corrected chi connectivity index (χ1v) is 5.99. The molecule has 1 aliphatic carbocycles. The molecule has 1 rings (SSSR count). The summed E-state index contributed by atoms with van der Waals surface area (Å²) in [5.74, 6) is 0.206. The third-order valence-electron chi connectivity index (χ3n) is 4.38. The van der Waals surface area contributed by atoms with Crippen molar-refractivity contribution in [3.05, 3.63) is 11.6 Å². The molecule has 0 heterocycles. The average molecular weight is 208 g/mol. The standard InChI is InChI=1S/C14H24O/c1-11(12(2)15)10-14(5)9-7-6-8-13(14,3)4/h10H,6-9H2,1-5H3/b11-10+. The van der Waals surface area contributed by atoms with Crippen molar-refractivity contribution in [2.45, 2.75) is 60.3 Å². The summed E-state index contributed by atoms with van der Waals surface area (Å²) in [5.41, 5.74) is 1.44. The summed E-state index contributed by atoms with van der Waals surface area (Å²) in [5, 5.41) is 0. The van der Waals surface area contributed by atoms with Crippen LogP contribution >= 0.6 is 0 Å². The Balaban J connectivity index is 2.98. The molecule has 0 aromatic carbocycles. The van der Waals surface area contributed by atoms with E-state index in [4.69, 9.17) is 0 Å². The third-order valence-corrected chi connectivity index (χ3v) is 4.38. The second-order valence-corrected chi connectivity index (χ2v) is 5.89. The van der Waals surface area contributed by atoms with E-state index in [0.29, 0.717) is 5.41 Å². The molecular weight excluding hydrogens is 184 g/mol. The minimum absolute atomic E-state index is 0.195. The maximum Gasteiger partial charge on any atom is 0.155 e. The predicted octanol–water partition coefficient (Wildman–Crippen LogP) is 4.13. The second-order valence-electron chi connectivity index (χ2n) is 5.89. The molecule has 86 valence electrons. The smallest absolute Gasteiger partial charge is 0.155 e. The van der Waals surface area contributed by atoms with E-state index in [1.54, 1.807) is 6.92 Å². The molecule has 0 aromatic rings. The van der Waals surface area contributed by atoms with Crippen LogP contribution in [0.25, 0.3) is 0 Å². The van der Waals surface area contributed by atoms with E-state index in [9.17, 15) is 4.79 Å². The van der Waals surface area contributed by atoms with Crippen molar-refractivity contribution in [3.63, 3.8) is 0 Å². The molecule has 0 aliphatic heterocycles. The van der Waals surface area contributed by atoms with Gasteiger partial charge in [-0.05, 0) is 43.1 Å². The Hall–Kier alpha value is -0.590. The number of Topliss-reactive ketones (excluding diaryl/α,β-unsaturated/α-hetero) is 1. The number of carbonyl (C=O) groups is 1. The summed E-state index contributed by atoms with van der Waals surface area (Å²) in [6, 6.07) is 0. The highest BCUT2D eigenvalue weighted by atomic mass is 16.1. The molecule has 0 radical (unpaired) electrons. The fourth-order valence-electron chi connectivity index (χ4n) is 2.53. The van der Waals surface area contributed by atoms with Crippen molar-refractivity contribution in [1.29, 1.82) is 0 Å². The van der Waals surface area contributed by atoms with E-state index in [1.165, 1.54) is 25.7 Å². The van der Waals surface area contributed by atoms with Crippen LogP contribution < -0.4 is 0 Å². The Kier molecular flexibility index (Phi) is 3.42. The molecule has 1 saturated carbocycles. The van der Waals surface area contributed by atoms with Crippen LogP contribution in [0.3, 0.4) is 0 Å². The second kappa shape index (κ2) is 4.11. The molecule has 0 spiro atoms. The molecule has 15 heavy (non-hydrogen) atoms. The molecule has 1 heteroatoms. The first-order chi connectivity index (χ1) is 6.78. The van der Waals surface area contributed by atoms with E-state index < -0.39 is 0 Å². The SMILES string of the molecule is CC(=O)/C(C)=C/C1(C)CCCCC1(C)C. The van der Waals surface area contributed by atoms with Crippen molar-refractivity contribution in [2.24, 2.45) is 10.8 Å². The summed E-state index contributed by atoms with van der Waals surface area (Å²) in [6.45, 7) is 10.6. The molecule has 1 unspecified atom stereocenters. The molecule has 0 aromatic heterocycles. The van der Waals surface area contributed by atoms with Crippen molar-refractivity contribution >= 4 is 5.78 Å².